The van der Waals surface area contributed by atoms with Crippen LogP contribution in [-0.2, 0) is 13.6 Å². The molecule has 1 aromatic rings. The van der Waals surface area contributed by atoms with Crippen molar-refractivity contribution in [3.05, 3.63) is 21.6 Å². The zero-order chi connectivity index (χ0) is 12.2. The van der Waals surface area contributed by atoms with Gasteiger partial charge in [-0.15, -0.1) is 11.3 Å². The quantitative estimate of drug-likeness (QED) is 0.448. The van der Waals surface area contributed by atoms with E-state index in [2.05, 4.69) is 0 Å². The largest absolute Gasteiger partial charge is 0.378 e. The fourth-order valence-corrected chi connectivity index (χ4v) is 4.16. The van der Waals surface area contributed by atoms with Gasteiger partial charge in [0.2, 0.25) is 0 Å². The molecule has 90 valence electrons. The molecule has 0 fully saturated rings. The highest BCUT2D eigenvalue weighted by Gasteiger charge is 2.36. The number of hydrogen-bond acceptors (Lipinski definition) is 6. The van der Waals surface area contributed by atoms with Crippen LogP contribution >= 0.6 is 18.9 Å². The summed E-state index contributed by atoms with van der Waals surface area (Å²) in [5.74, 6) is 0. The van der Waals surface area contributed by atoms with E-state index in [0.717, 1.165) is 11.3 Å². The van der Waals surface area contributed by atoms with Crippen LogP contribution in [0.15, 0.2) is 11.4 Å². The number of nitrogens with zero attached hydrogens (tertiary/aromatic N) is 1. The van der Waals surface area contributed by atoms with Gasteiger partial charge >= 0.3 is 7.60 Å². The van der Waals surface area contributed by atoms with Gasteiger partial charge in [0.25, 0.3) is 5.69 Å². The molecule has 0 bridgehead atoms. The Kier molecular flexibility index (Phi) is 4.61. The van der Waals surface area contributed by atoms with Gasteiger partial charge in [-0.25, -0.2) is 0 Å². The van der Waals surface area contributed by atoms with Gasteiger partial charge in [0.15, 0.2) is 4.62 Å². The van der Waals surface area contributed by atoms with Gasteiger partial charge in [-0.05, 0) is 19.2 Å². The predicted molar refractivity (Wildman–Crippen MR) is 61.5 cm³/mol. The first-order valence-electron chi connectivity index (χ1n) is 4.66. The van der Waals surface area contributed by atoms with Crippen molar-refractivity contribution in [3.63, 3.8) is 0 Å². The molecule has 1 heterocycles. The first kappa shape index (κ1) is 13.3. The van der Waals surface area contributed by atoms with E-state index < -0.39 is 12.5 Å². The average Bonchev–Trinajstić information content (AvgIpc) is 2.67. The molecule has 0 amide bonds. The van der Waals surface area contributed by atoms with Crippen LogP contribution in [0.25, 0.3) is 0 Å². The third-order valence-corrected chi connectivity index (χ3v) is 5.28. The summed E-state index contributed by atoms with van der Waals surface area (Å²) in [6.45, 7) is 3.66. The summed E-state index contributed by atoms with van der Waals surface area (Å²) in [4.78, 5) is 10.1. The molecule has 0 aliphatic carbocycles. The Labute approximate surface area is 96.9 Å². The summed E-state index contributed by atoms with van der Waals surface area (Å²) in [5.41, 5.74) is -0.213. The Balaban J connectivity index is 3.15. The molecule has 0 spiro atoms. The third-order valence-electron chi connectivity index (χ3n) is 1.67. The van der Waals surface area contributed by atoms with Crippen LogP contribution < -0.4 is 4.62 Å². The van der Waals surface area contributed by atoms with Crippen molar-refractivity contribution in [2.45, 2.75) is 13.8 Å². The Morgan fingerprint density at radius 3 is 2.44 bits per heavy atom. The fourth-order valence-electron chi connectivity index (χ4n) is 1.13. The molecule has 0 saturated carbocycles. The molecule has 8 heteroatoms. The maximum absolute atomic E-state index is 12.3. The molecule has 0 radical (unpaired) electrons. The first-order chi connectivity index (χ1) is 7.55. The van der Waals surface area contributed by atoms with E-state index in [9.17, 15) is 14.7 Å². The maximum Gasteiger partial charge on any atom is 0.378 e. The summed E-state index contributed by atoms with van der Waals surface area (Å²) in [7, 11) is -3.54. The lowest BCUT2D eigenvalue weighted by Crippen LogP contribution is -2.10. The van der Waals surface area contributed by atoms with E-state index in [1.165, 1.54) is 11.4 Å². The van der Waals surface area contributed by atoms with Crippen molar-refractivity contribution in [2.24, 2.45) is 0 Å². The molecule has 16 heavy (non-hydrogen) atoms. The van der Waals surface area contributed by atoms with Crippen molar-refractivity contribution in [2.75, 3.05) is 13.2 Å². The Bertz CT molecular complexity index is 408. The zero-order valence-electron chi connectivity index (χ0n) is 8.91. The van der Waals surface area contributed by atoms with Crippen molar-refractivity contribution < 1.29 is 18.5 Å². The first-order valence-corrected chi connectivity index (χ1v) is 7.09. The predicted octanol–water partition coefficient (Wildman–Crippen LogP) is 2.55. The van der Waals surface area contributed by atoms with Crippen molar-refractivity contribution >= 4 is 29.2 Å². The molecule has 0 saturated heterocycles. The van der Waals surface area contributed by atoms with Crippen molar-refractivity contribution in [3.8, 4) is 0 Å². The molecule has 0 aliphatic rings. The highest BCUT2D eigenvalue weighted by Crippen LogP contribution is 2.50. The highest BCUT2D eigenvalue weighted by molar-refractivity contribution is 7.69. The van der Waals surface area contributed by atoms with E-state index >= 15 is 0 Å². The van der Waals surface area contributed by atoms with Crippen LogP contribution in [-0.4, -0.2) is 18.1 Å². The van der Waals surface area contributed by atoms with Crippen LogP contribution in [0.5, 0.6) is 0 Å². The summed E-state index contributed by atoms with van der Waals surface area (Å²) in [6.07, 6.45) is 0. The molecule has 0 aliphatic heterocycles. The number of hydrogen-bond donors (Lipinski definition) is 0. The average molecular weight is 265 g/mol. The molecule has 0 unspecified atom stereocenters. The topological polar surface area (TPSA) is 78.7 Å². The summed E-state index contributed by atoms with van der Waals surface area (Å²) < 4.78 is 22.4. The minimum absolute atomic E-state index is 0.0567. The fraction of sp³-hybridized carbons (Fsp3) is 0.500. The van der Waals surface area contributed by atoms with E-state index in [1.807, 2.05) is 0 Å². The van der Waals surface area contributed by atoms with Gasteiger partial charge in [0.05, 0.1) is 18.1 Å². The maximum atomic E-state index is 12.3. The number of rotatable bonds is 6. The van der Waals surface area contributed by atoms with Gasteiger partial charge in [0, 0.05) is 6.07 Å². The van der Waals surface area contributed by atoms with Crippen LogP contribution in [0.1, 0.15) is 13.8 Å². The normalized spacial score (nSPS) is 11.6. The Hall–Kier alpha value is -0.750. The monoisotopic (exact) mass is 265 g/mol. The molecular weight excluding hydrogens is 253 g/mol. The highest BCUT2D eigenvalue weighted by atomic mass is 32.1. The molecule has 6 nitrogen and oxygen atoms in total. The SMILES string of the molecule is CCOP(=O)(OCC)c1sccc1[N+](=O)[O-]. The van der Waals surface area contributed by atoms with E-state index in [1.54, 1.807) is 13.8 Å². The molecule has 0 atom stereocenters. The van der Waals surface area contributed by atoms with Crippen LogP contribution in [0.2, 0.25) is 0 Å². The number of thiophene rings is 1. The third kappa shape index (κ3) is 2.68. The van der Waals surface area contributed by atoms with Crippen LogP contribution in [0.3, 0.4) is 0 Å². The second kappa shape index (κ2) is 5.54. The molecule has 1 rings (SSSR count). The van der Waals surface area contributed by atoms with Crippen molar-refractivity contribution in [1.29, 1.82) is 0 Å². The van der Waals surface area contributed by atoms with Crippen LogP contribution in [0, 0.1) is 10.1 Å². The van der Waals surface area contributed by atoms with Gasteiger partial charge in [0.1, 0.15) is 0 Å². The van der Waals surface area contributed by atoms with Gasteiger partial charge in [-0.2, -0.15) is 0 Å². The van der Waals surface area contributed by atoms with E-state index in [-0.39, 0.29) is 23.5 Å². The van der Waals surface area contributed by atoms with Gasteiger partial charge < -0.3 is 9.05 Å². The minimum Gasteiger partial charge on any atom is -0.305 e. The lowest BCUT2D eigenvalue weighted by atomic mass is 10.6. The molecular formula is C8H12NO5PS. The van der Waals surface area contributed by atoms with Gasteiger partial charge in [-0.3, -0.25) is 14.7 Å². The zero-order valence-corrected chi connectivity index (χ0v) is 10.6. The van der Waals surface area contributed by atoms with E-state index in [0.29, 0.717) is 0 Å². The molecule has 0 N–H and O–H groups in total. The smallest absolute Gasteiger partial charge is 0.305 e. The van der Waals surface area contributed by atoms with E-state index in [4.69, 9.17) is 9.05 Å². The Morgan fingerprint density at radius 2 is 2.00 bits per heavy atom. The molecule has 1 aromatic heterocycles. The van der Waals surface area contributed by atoms with Gasteiger partial charge in [-0.1, -0.05) is 0 Å². The summed E-state index contributed by atoms with van der Waals surface area (Å²) >= 11 is 1.01. The summed E-state index contributed by atoms with van der Waals surface area (Å²) in [6, 6.07) is 1.30. The number of nitro groups is 1. The minimum atomic E-state index is -3.54. The lowest BCUT2D eigenvalue weighted by Gasteiger charge is -2.14. The second-order valence-corrected chi connectivity index (χ2v) is 5.88. The lowest BCUT2D eigenvalue weighted by molar-refractivity contribution is -0.383. The molecule has 0 aromatic carbocycles. The summed E-state index contributed by atoms with van der Waals surface area (Å²) in [5, 5.41) is 12.2. The van der Waals surface area contributed by atoms with Crippen molar-refractivity contribution in [1.82, 2.24) is 0 Å². The van der Waals surface area contributed by atoms with Crippen LogP contribution in [0.4, 0.5) is 5.69 Å². The second-order valence-electron chi connectivity index (χ2n) is 2.70. The Morgan fingerprint density at radius 1 is 1.44 bits per heavy atom. The standard InChI is InChI=1S/C8H12NO5PS/c1-3-13-15(12,14-4-2)8-7(9(10)11)5-6-16-8/h5-6H,3-4H2,1-2H3.